The summed E-state index contributed by atoms with van der Waals surface area (Å²) in [7, 11) is 0. The highest BCUT2D eigenvalue weighted by Gasteiger charge is 2.48. The number of para-hydroxylation sites is 5. The number of nitrogens with zero attached hydrogens (tertiary/aromatic N) is 2. The molecule has 87 heavy (non-hydrogen) atoms. The number of hydrogen-bond acceptors (Lipinski definition) is 5. The molecule has 2 heterocycles. The largest absolute Gasteiger partial charge is 0.376 e. The van der Waals surface area contributed by atoms with Gasteiger partial charge in [-0.3, -0.25) is 9.59 Å². The number of aliphatic hydroxyl groups is 1. The van der Waals surface area contributed by atoms with E-state index in [0.29, 0.717) is 22.3 Å². The Hall–Kier alpha value is -10.5. The van der Waals surface area contributed by atoms with Gasteiger partial charge in [0.05, 0.1) is 28.2 Å². The van der Waals surface area contributed by atoms with E-state index in [1.54, 1.807) is 12.1 Å². The molecule has 0 fully saturated rings. The second kappa shape index (κ2) is 21.6. The summed E-state index contributed by atoms with van der Waals surface area (Å²) in [6.07, 6.45) is 0. The Bertz CT molecular complexity index is 4440. The molecule has 0 radical (unpaired) electrons. The van der Waals surface area contributed by atoms with Crippen LogP contribution < -0.4 is 9.80 Å². The predicted molar refractivity (Wildman–Crippen MR) is 353 cm³/mol. The average molecular weight is 1130 g/mol. The maximum absolute atomic E-state index is 13.9. The molecule has 5 nitrogen and oxygen atoms in total. The van der Waals surface area contributed by atoms with E-state index in [2.05, 4.69) is 244 Å². The molecule has 0 spiro atoms. The number of hydrogen-bond donors (Lipinski definition) is 1. The van der Waals surface area contributed by atoms with E-state index in [-0.39, 0.29) is 22.4 Å². The lowest BCUT2D eigenvalue weighted by molar-refractivity contribution is 0.0949. The molecule has 0 amide bonds. The van der Waals surface area contributed by atoms with Gasteiger partial charge in [0.25, 0.3) is 0 Å². The van der Waals surface area contributed by atoms with E-state index >= 15 is 0 Å². The number of rotatable bonds is 5. The second-order valence-electron chi connectivity index (χ2n) is 23.9. The minimum atomic E-state index is -1.30. The topological polar surface area (TPSA) is 60.9 Å². The molecule has 12 aromatic carbocycles. The minimum Gasteiger partial charge on any atom is -0.376 e. The van der Waals surface area contributed by atoms with E-state index in [1.807, 2.05) is 91.0 Å². The van der Waals surface area contributed by atoms with Crippen LogP contribution in [-0.2, 0) is 21.8 Å². The number of carbonyl (C=O) groups is 2. The summed E-state index contributed by atoms with van der Waals surface area (Å²) in [5, 5.41) is 11.6. The van der Waals surface area contributed by atoms with Gasteiger partial charge in [0.15, 0.2) is 11.6 Å². The summed E-state index contributed by atoms with van der Waals surface area (Å²) in [5.41, 5.74) is 19.4. The number of anilines is 6. The summed E-state index contributed by atoms with van der Waals surface area (Å²) in [4.78, 5) is 31.4. The fraction of sp³-hybridized carbons (Fsp3) is 0.0976. The number of ketones is 2. The minimum absolute atomic E-state index is 0.0124. The van der Waals surface area contributed by atoms with Gasteiger partial charge in [-0.1, -0.05) is 289 Å². The lowest BCUT2D eigenvalue weighted by Gasteiger charge is -2.45. The molecule has 12 aromatic rings. The van der Waals surface area contributed by atoms with Crippen LogP contribution in [0.5, 0.6) is 0 Å². The first-order valence-corrected chi connectivity index (χ1v) is 29.9. The second-order valence-corrected chi connectivity index (χ2v) is 23.9. The van der Waals surface area contributed by atoms with Crippen molar-refractivity contribution in [3.63, 3.8) is 0 Å². The first-order valence-electron chi connectivity index (χ1n) is 29.9. The van der Waals surface area contributed by atoms with Crippen molar-refractivity contribution < 1.29 is 14.7 Å². The van der Waals surface area contributed by atoms with E-state index in [1.165, 1.54) is 50.7 Å². The highest BCUT2D eigenvalue weighted by Crippen LogP contribution is 2.57. The SMILES string of the molecule is CC1(C)c2ccccc2N(c2ccccc2)c2ccc(C3(c4ccccc4)c4ccccc4C(=O)c4ccccc43)cc21.CC1(C)c2ccccc2N(c2ccccc2)c2ccccc21.O=C1c2ccccc2C(O)(c2ccccc2)c2ccccc21. The van der Waals surface area contributed by atoms with Crippen LogP contribution in [0, 0.1) is 0 Å². The summed E-state index contributed by atoms with van der Waals surface area (Å²) in [6, 6.07) is 106. The molecule has 2 aliphatic heterocycles. The van der Waals surface area contributed by atoms with Crippen molar-refractivity contribution in [3.8, 4) is 0 Å². The van der Waals surface area contributed by atoms with Crippen molar-refractivity contribution in [2.24, 2.45) is 0 Å². The Labute approximate surface area is 509 Å². The van der Waals surface area contributed by atoms with Gasteiger partial charge in [0.2, 0.25) is 0 Å². The monoisotopic (exact) mass is 1120 g/mol. The smallest absolute Gasteiger partial charge is 0.193 e. The maximum atomic E-state index is 13.9. The predicted octanol–water partition coefficient (Wildman–Crippen LogP) is 19.0. The molecule has 2 aliphatic carbocycles. The molecule has 4 aliphatic rings. The van der Waals surface area contributed by atoms with Crippen molar-refractivity contribution in [1.29, 1.82) is 0 Å². The average Bonchev–Trinajstić information content (AvgIpc) is 0.809. The summed E-state index contributed by atoms with van der Waals surface area (Å²) in [6.45, 7) is 9.29. The van der Waals surface area contributed by atoms with E-state index in [0.717, 1.165) is 44.6 Å². The number of carbonyl (C=O) groups excluding carboxylic acids is 2. The number of benzene rings is 12. The molecule has 0 saturated heterocycles. The third-order valence-electron chi connectivity index (χ3n) is 18.5. The molecule has 0 bridgehead atoms. The molecule has 0 aromatic heterocycles. The van der Waals surface area contributed by atoms with Gasteiger partial charge in [0, 0.05) is 55.6 Å². The van der Waals surface area contributed by atoms with Crippen molar-refractivity contribution in [1.82, 2.24) is 0 Å². The Morgan fingerprint density at radius 3 is 0.954 bits per heavy atom. The molecule has 0 saturated carbocycles. The Morgan fingerprint density at radius 2 is 0.552 bits per heavy atom. The van der Waals surface area contributed by atoms with Crippen molar-refractivity contribution in [2.45, 2.75) is 49.5 Å². The Balaban J connectivity index is 0.000000127. The van der Waals surface area contributed by atoms with E-state index < -0.39 is 11.0 Å². The first kappa shape index (κ1) is 54.5. The van der Waals surface area contributed by atoms with Crippen LogP contribution in [0.15, 0.2) is 309 Å². The van der Waals surface area contributed by atoms with Gasteiger partial charge >= 0.3 is 0 Å². The van der Waals surface area contributed by atoms with Crippen molar-refractivity contribution in [2.75, 3.05) is 9.80 Å². The maximum Gasteiger partial charge on any atom is 0.193 e. The van der Waals surface area contributed by atoms with Crippen LogP contribution in [0.2, 0.25) is 0 Å². The summed E-state index contributed by atoms with van der Waals surface area (Å²) >= 11 is 0. The Morgan fingerprint density at radius 1 is 0.264 bits per heavy atom. The van der Waals surface area contributed by atoms with Gasteiger partial charge in [-0.25, -0.2) is 0 Å². The first-order chi connectivity index (χ1) is 42.4. The number of fused-ring (bicyclic) bond motifs is 8. The molecule has 5 heteroatoms. The van der Waals surface area contributed by atoms with Crippen LogP contribution in [0.25, 0.3) is 0 Å². The summed E-state index contributed by atoms with van der Waals surface area (Å²) in [5.74, 6) is 0.0482. The molecule has 0 atom stereocenters. The van der Waals surface area contributed by atoms with Crippen LogP contribution in [0.1, 0.15) is 121 Å². The summed E-state index contributed by atoms with van der Waals surface area (Å²) < 4.78 is 0. The molecule has 420 valence electrons. The Kier molecular flexibility index (Phi) is 13.5. The zero-order chi connectivity index (χ0) is 59.5. The third-order valence-corrected chi connectivity index (χ3v) is 18.5. The highest BCUT2D eigenvalue weighted by atomic mass is 16.3. The quantitative estimate of drug-likeness (QED) is 0.186. The lowest BCUT2D eigenvalue weighted by Crippen LogP contribution is -2.39. The van der Waals surface area contributed by atoms with Crippen molar-refractivity contribution in [3.05, 3.63) is 393 Å². The fourth-order valence-corrected chi connectivity index (χ4v) is 14.4. The molecule has 16 rings (SSSR count). The van der Waals surface area contributed by atoms with Crippen LogP contribution >= 0.6 is 0 Å². The fourth-order valence-electron chi connectivity index (χ4n) is 14.4. The molecular formula is C82H64N2O3. The standard InChI is InChI=1S/C41H31NO.C21H19N.C20H14O2/c1-40(2)35-23-13-14-24-37(35)42(30-17-7-4-8-18-30)38-26-25-29(27-36(38)40)41(28-15-5-3-6-16-28)33-21-11-9-19-31(33)39(43)32-20-10-12-22-34(32)41;1-21(2)17-12-6-8-14-19(17)22(16-10-4-3-5-11-16)20-15-9-7-13-18(20)21;21-19-15-10-4-6-12-17(15)20(22,14-8-2-1-3-9-14)18-13-7-5-11-16(18)19/h3-27H,1-2H3;3-15H,1-2H3;1-13,22H. The van der Waals surface area contributed by atoms with Gasteiger partial charge in [-0.2, -0.15) is 0 Å². The highest BCUT2D eigenvalue weighted by molar-refractivity contribution is 6.14. The van der Waals surface area contributed by atoms with Crippen LogP contribution in [-0.4, -0.2) is 16.7 Å². The van der Waals surface area contributed by atoms with E-state index in [9.17, 15) is 14.7 Å². The van der Waals surface area contributed by atoms with Crippen LogP contribution in [0.4, 0.5) is 34.1 Å². The van der Waals surface area contributed by atoms with Gasteiger partial charge < -0.3 is 14.9 Å². The zero-order valence-electron chi connectivity index (χ0n) is 49.1. The normalized spacial score (nSPS) is 15.3. The molecular weight excluding hydrogens is 1060 g/mol. The third kappa shape index (κ3) is 8.63. The molecule has 1 N–H and O–H groups in total. The molecule has 0 unspecified atom stereocenters. The van der Waals surface area contributed by atoms with Crippen LogP contribution in [0.3, 0.4) is 0 Å². The zero-order valence-corrected chi connectivity index (χ0v) is 49.1. The lowest BCUT2D eigenvalue weighted by atomic mass is 9.58. The van der Waals surface area contributed by atoms with Gasteiger partial charge in [-0.05, 0) is 98.6 Å². The van der Waals surface area contributed by atoms with Gasteiger partial charge in [-0.15, -0.1) is 0 Å². The van der Waals surface area contributed by atoms with Gasteiger partial charge in [0.1, 0.15) is 5.60 Å². The van der Waals surface area contributed by atoms with Crippen molar-refractivity contribution >= 4 is 45.7 Å². The van der Waals surface area contributed by atoms with E-state index in [4.69, 9.17) is 0 Å².